The zero-order valence-electron chi connectivity index (χ0n) is 12.3. The van der Waals surface area contributed by atoms with Gasteiger partial charge in [0.05, 0.1) is 12.8 Å². The SMILES string of the molecule is CCOC(=O)c1cnn2ccc(N3CCN(C)CC3)nc12. The Kier molecular flexibility index (Phi) is 3.74. The van der Waals surface area contributed by atoms with Gasteiger partial charge >= 0.3 is 5.97 Å². The molecular formula is C14H19N5O2. The van der Waals surface area contributed by atoms with Crippen molar-refractivity contribution in [3.63, 3.8) is 0 Å². The summed E-state index contributed by atoms with van der Waals surface area (Å²) < 4.78 is 6.64. The summed E-state index contributed by atoms with van der Waals surface area (Å²) in [4.78, 5) is 21.0. The van der Waals surface area contributed by atoms with Crippen molar-refractivity contribution < 1.29 is 9.53 Å². The highest BCUT2D eigenvalue weighted by atomic mass is 16.5. The van der Waals surface area contributed by atoms with Gasteiger partial charge in [-0.25, -0.2) is 14.3 Å². The van der Waals surface area contributed by atoms with Gasteiger partial charge < -0.3 is 14.5 Å². The van der Waals surface area contributed by atoms with Crippen LogP contribution in [-0.4, -0.2) is 65.3 Å². The number of anilines is 1. The van der Waals surface area contributed by atoms with Crippen LogP contribution in [0.3, 0.4) is 0 Å². The molecule has 112 valence electrons. The molecule has 7 nitrogen and oxygen atoms in total. The summed E-state index contributed by atoms with van der Waals surface area (Å²) in [5, 5.41) is 4.15. The minimum atomic E-state index is -0.379. The van der Waals surface area contributed by atoms with Gasteiger partial charge in [-0.05, 0) is 20.0 Å². The molecule has 0 aliphatic carbocycles. The highest BCUT2D eigenvalue weighted by Gasteiger charge is 2.19. The number of fused-ring (bicyclic) bond motifs is 1. The molecular weight excluding hydrogens is 270 g/mol. The first-order chi connectivity index (χ1) is 10.2. The number of carbonyl (C=O) groups is 1. The second kappa shape index (κ2) is 5.69. The van der Waals surface area contributed by atoms with Gasteiger partial charge in [-0.15, -0.1) is 0 Å². The average Bonchev–Trinajstić information content (AvgIpc) is 2.91. The first kappa shape index (κ1) is 13.8. The van der Waals surface area contributed by atoms with Crippen molar-refractivity contribution in [2.75, 3.05) is 44.7 Å². The topological polar surface area (TPSA) is 63.0 Å². The molecule has 0 amide bonds. The Morgan fingerprint density at radius 1 is 1.33 bits per heavy atom. The standard InChI is InChI=1S/C14H19N5O2/c1-3-21-14(20)11-10-15-19-5-4-12(16-13(11)19)18-8-6-17(2)7-9-18/h4-5,10H,3,6-9H2,1-2H3. The van der Waals surface area contributed by atoms with Gasteiger partial charge in [-0.3, -0.25) is 0 Å². The van der Waals surface area contributed by atoms with E-state index in [0.717, 1.165) is 32.0 Å². The van der Waals surface area contributed by atoms with Crippen molar-refractivity contribution in [3.05, 3.63) is 24.0 Å². The van der Waals surface area contributed by atoms with Crippen LogP contribution in [0.2, 0.25) is 0 Å². The summed E-state index contributed by atoms with van der Waals surface area (Å²) >= 11 is 0. The molecule has 2 aromatic rings. The predicted molar refractivity (Wildman–Crippen MR) is 78.7 cm³/mol. The van der Waals surface area contributed by atoms with E-state index in [1.165, 1.54) is 6.20 Å². The van der Waals surface area contributed by atoms with Crippen molar-refractivity contribution >= 4 is 17.4 Å². The number of aromatic nitrogens is 3. The minimum absolute atomic E-state index is 0.342. The molecule has 0 spiro atoms. The normalized spacial score (nSPS) is 16.4. The number of carbonyl (C=O) groups excluding carboxylic acids is 1. The van der Waals surface area contributed by atoms with Crippen LogP contribution in [0.4, 0.5) is 5.82 Å². The lowest BCUT2D eigenvalue weighted by Gasteiger charge is -2.33. The highest BCUT2D eigenvalue weighted by Crippen LogP contribution is 2.17. The number of piperazine rings is 1. The number of ether oxygens (including phenoxy) is 1. The van der Waals surface area contributed by atoms with E-state index in [-0.39, 0.29) is 5.97 Å². The summed E-state index contributed by atoms with van der Waals surface area (Å²) in [7, 11) is 2.11. The van der Waals surface area contributed by atoms with Crippen LogP contribution in [-0.2, 0) is 4.74 Å². The molecule has 3 heterocycles. The quantitative estimate of drug-likeness (QED) is 0.774. The molecule has 1 fully saturated rings. The monoisotopic (exact) mass is 289 g/mol. The van der Waals surface area contributed by atoms with Gasteiger partial charge in [0.2, 0.25) is 0 Å². The van der Waals surface area contributed by atoms with Crippen molar-refractivity contribution in [2.45, 2.75) is 6.92 Å². The van der Waals surface area contributed by atoms with Gasteiger partial charge in [0, 0.05) is 32.4 Å². The molecule has 7 heteroatoms. The average molecular weight is 289 g/mol. The highest BCUT2D eigenvalue weighted by molar-refractivity contribution is 5.95. The fraction of sp³-hybridized carbons (Fsp3) is 0.500. The Morgan fingerprint density at radius 3 is 2.81 bits per heavy atom. The molecule has 0 radical (unpaired) electrons. The summed E-state index contributed by atoms with van der Waals surface area (Å²) in [6.45, 7) is 6.01. The van der Waals surface area contributed by atoms with E-state index in [0.29, 0.717) is 17.8 Å². The van der Waals surface area contributed by atoms with Crippen molar-refractivity contribution in [2.24, 2.45) is 0 Å². The molecule has 21 heavy (non-hydrogen) atoms. The molecule has 0 bridgehead atoms. The second-order valence-corrected chi connectivity index (χ2v) is 5.12. The van der Waals surface area contributed by atoms with Gasteiger partial charge in [0.15, 0.2) is 5.65 Å². The largest absolute Gasteiger partial charge is 0.462 e. The Morgan fingerprint density at radius 2 is 2.10 bits per heavy atom. The predicted octanol–water partition coefficient (Wildman–Crippen LogP) is 0.658. The van der Waals surface area contributed by atoms with Crippen LogP contribution in [0.5, 0.6) is 0 Å². The van der Waals surface area contributed by atoms with Crippen molar-refractivity contribution in [1.29, 1.82) is 0 Å². The van der Waals surface area contributed by atoms with Crippen molar-refractivity contribution in [1.82, 2.24) is 19.5 Å². The van der Waals surface area contributed by atoms with Crippen molar-refractivity contribution in [3.8, 4) is 0 Å². The number of likely N-dealkylation sites (N-methyl/N-ethyl adjacent to an activating group) is 1. The molecule has 0 atom stereocenters. The zero-order valence-corrected chi connectivity index (χ0v) is 12.3. The third kappa shape index (κ3) is 2.69. The molecule has 1 aliphatic heterocycles. The first-order valence-corrected chi connectivity index (χ1v) is 7.14. The minimum Gasteiger partial charge on any atom is -0.462 e. The van der Waals surface area contributed by atoms with Gasteiger partial charge in [-0.1, -0.05) is 0 Å². The number of rotatable bonds is 3. The summed E-state index contributed by atoms with van der Waals surface area (Å²) in [5.74, 6) is 0.497. The molecule has 0 N–H and O–H groups in total. The van der Waals surface area contributed by atoms with E-state index in [2.05, 4.69) is 26.9 Å². The van der Waals surface area contributed by atoms with E-state index in [1.54, 1.807) is 11.4 Å². The van der Waals surface area contributed by atoms with Gasteiger partial charge in [0.1, 0.15) is 11.4 Å². The number of nitrogens with zero attached hydrogens (tertiary/aromatic N) is 5. The Hall–Kier alpha value is -2.15. The lowest BCUT2D eigenvalue weighted by Crippen LogP contribution is -2.44. The second-order valence-electron chi connectivity index (χ2n) is 5.12. The van der Waals surface area contributed by atoms with Crippen LogP contribution in [0.25, 0.3) is 5.65 Å². The first-order valence-electron chi connectivity index (χ1n) is 7.14. The van der Waals surface area contributed by atoms with Crippen LogP contribution in [0.15, 0.2) is 18.5 Å². The maximum atomic E-state index is 11.9. The van der Waals surface area contributed by atoms with E-state index < -0.39 is 0 Å². The molecule has 3 rings (SSSR count). The number of esters is 1. The lowest BCUT2D eigenvalue weighted by atomic mass is 10.3. The zero-order chi connectivity index (χ0) is 14.8. The van der Waals surface area contributed by atoms with Gasteiger partial charge in [-0.2, -0.15) is 5.10 Å². The summed E-state index contributed by atoms with van der Waals surface area (Å²) in [6, 6.07) is 1.93. The molecule has 2 aromatic heterocycles. The third-order valence-corrected chi connectivity index (χ3v) is 3.68. The molecule has 0 saturated carbocycles. The molecule has 0 unspecified atom stereocenters. The van der Waals surface area contributed by atoms with Crippen LogP contribution in [0, 0.1) is 0 Å². The van der Waals surface area contributed by atoms with E-state index in [4.69, 9.17) is 4.74 Å². The molecule has 0 aromatic carbocycles. The fourth-order valence-electron chi connectivity index (χ4n) is 2.42. The maximum absolute atomic E-state index is 11.9. The molecule has 1 aliphatic rings. The third-order valence-electron chi connectivity index (χ3n) is 3.68. The summed E-state index contributed by atoms with van der Waals surface area (Å²) in [6.07, 6.45) is 3.34. The van der Waals surface area contributed by atoms with Crippen LogP contribution >= 0.6 is 0 Å². The smallest absolute Gasteiger partial charge is 0.343 e. The van der Waals surface area contributed by atoms with E-state index in [9.17, 15) is 4.79 Å². The van der Waals surface area contributed by atoms with Gasteiger partial charge in [0.25, 0.3) is 0 Å². The van der Waals surface area contributed by atoms with Crippen LogP contribution in [0.1, 0.15) is 17.3 Å². The Labute approximate surface area is 123 Å². The maximum Gasteiger partial charge on any atom is 0.343 e. The molecule has 1 saturated heterocycles. The van der Waals surface area contributed by atoms with E-state index in [1.807, 2.05) is 12.3 Å². The Balaban J connectivity index is 1.91. The van der Waals surface area contributed by atoms with E-state index >= 15 is 0 Å². The Bertz CT molecular complexity index is 646. The fourth-order valence-corrected chi connectivity index (χ4v) is 2.42. The lowest BCUT2D eigenvalue weighted by molar-refractivity contribution is 0.0528. The summed E-state index contributed by atoms with van der Waals surface area (Å²) in [5.41, 5.74) is 0.956. The number of hydrogen-bond acceptors (Lipinski definition) is 6. The van der Waals surface area contributed by atoms with Crippen LogP contribution < -0.4 is 4.90 Å². The number of hydrogen-bond donors (Lipinski definition) is 0.